The summed E-state index contributed by atoms with van der Waals surface area (Å²) in [7, 11) is 0. The average Bonchev–Trinajstić information content (AvgIpc) is 3.23. The normalized spacial score (nSPS) is 25.3. The van der Waals surface area contributed by atoms with Gasteiger partial charge in [0.15, 0.2) is 0 Å². The van der Waals surface area contributed by atoms with E-state index < -0.39 is 5.56 Å². The molecule has 4 heterocycles. The van der Waals surface area contributed by atoms with Crippen molar-refractivity contribution in [3.05, 3.63) is 48.4 Å². The lowest BCUT2D eigenvalue weighted by atomic mass is 9.85. The Kier molecular flexibility index (Phi) is 3.90. The Balaban J connectivity index is 1.39. The molecule has 2 aliphatic heterocycles. The zero-order valence-corrected chi connectivity index (χ0v) is 15.9. The number of nitrogens with zero attached hydrogens (tertiary/aromatic N) is 4. The van der Waals surface area contributed by atoms with E-state index in [-0.39, 0.29) is 11.5 Å². The van der Waals surface area contributed by atoms with E-state index in [9.17, 15) is 9.59 Å². The van der Waals surface area contributed by atoms with Crippen LogP contribution >= 0.6 is 11.3 Å². The Hall–Kier alpha value is -1.73. The summed E-state index contributed by atoms with van der Waals surface area (Å²) in [5.41, 5.74) is -0.810. The van der Waals surface area contributed by atoms with Gasteiger partial charge in [0.25, 0.3) is 0 Å². The molecule has 0 bridgehead atoms. The molecule has 0 spiro atoms. The Morgan fingerprint density at radius 1 is 1.15 bits per heavy atom. The Labute approximate surface area is 156 Å². The van der Waals surface area contributed by atoms with Crippen LogP contribution < -0.4 is 11.1 Å². The highest BCUT2D eigenvalue weighted by Crippen LogP contribution is 2.38. The van der Waals surface area contributed by atoms with E-state index in [2.05, 4.69) is 29.1 Å². The number of hydrogen-bond acceptors (Lipinski definition) is 5. The fraction of sp³-hybridized carbons (Fsp3) is 0.632. The van der Waals surface area contributed by atoms with Crippen LogP contribution in [0.1, 0.15) is 40.8 Å². The minimum atomic E-state index is -0.438. The Morgan fingerprint density at radius 2 is 2.00 bits per heavy atom. The second-order valence-corrected chi connectivity index (χ2v) is 9.50. The van der Waals surface area contributed by atoms with Gasteiger partial charge in [-0.25, -0.2) is 4.68 Å². The quantitative estimate of drug-likeness (QED) is 0.768. The molecular formula is C19H24N4O2S. The lowest BCUT2D eigenvalue weighted by Gasteiger charge is -2.25. The van der Waals surface area contributed by atoms with E-state index in [0.29, 0.717) is 24.9 Å². The number of aromatic nitrogens is 3. The summed E-state index contributed by atoms with van der Waals surface area (Å²) in [6.45, 7) is 6.26. The highest BCUT2D eigenvalue weighted by Gasteiger charge is 2.42. The van der Waals surface area contributed by atoms with Crippen LogP contribution in [0.4, 0.5) is 0 Å². The number of hydrogen-bond donors (Lipinski definition) is 0. The summed E-state index contributed by atoms with van der Waals surface area (Å²) in [5.74, 6) is 2.03. The molecular weight excluding hydrogens is 348 g/mol. The maximum atomic E-state index is 12.6. The lowest BCUT2D eigenvalue weighted by molar-refractivity contribution is 0.256. The van der Waals surface area contributed by atoms with Crippen molar-refractivity contribution < 1.29 is 0 Å². The summed E-state index contributed by atoms with van der Waals surface area (Å²) in [5, 5.41) is 4.67. The summed E-state index contributed by atoms with van der Waals surface area (Å²) in [6, 6.07) is 4.38. The van der Waals surface area contributed by atoms with Crippen LogP contribution in [-0.2, 0) is 19.6 Å². The van der Waals surface area contributed by atoms with Gasteiger partial charge in [0, 0.05) is 54.3 Å². The first-order valence-corrected chi connectivity index (χ1v) is 10.4. The number of thiophene rings is 1. The molecule has 3 aliphatic rings. The molecule has 2 aromatic heterocycles. The van der Waals surface area contributed by atoms with Crippen molar-refractivity contribution in [3.8, 4) is 0 Å². The topological polar surface area (TPSA) is 60.1 Å². The molecule has 2 atom stereocenters. The SMILES string of the molecule is Cc1ccc(CN2C[C@@H]3Cn4c(nn(CC5CCC5)c(=O)c4=O)[C@H]3C2)s1. The predicted molar refractivity (Wildman–Crippen MR) is 101 cm³/mol. The first-order valence-electron chi connectivity index (χ1n) is 9.58. The summed E-state index contributed by atoms with van der Waals surface area (Å²) in [4.78, 5) is 30.1. The number of aryl methyl sites for hydroxylation is 1. The van der Waals surface area contributed by atoms with E-state index in [4.69, 9.17) is 0 Å². The first kappa shape index (κ1) is 16.4. The van der Waals surface area contributed by atoms with E-state index in [1.807, 2.05) is 11.3 Å². The van der Waals surface area contributed by atoms with Crippen LogP contribution in [0.15, 0.2) is 21.7 Å². The van der Waals surface area contributed by atoms with Crippen molar-refractivity contribution in [3.63, 3.8) is 0 Å². The van der Waals surface area contributed by atoms with Crippen molar-refractivity contribution in [2.75, 3.05) is 13.1 Å². The average molecular weight is 372 g/mol. The highest BCUT2D eigenvalue weighted by molar-refractivity contribution is 7.11. The van der Waals surface area contributed by atoms with Gasteiger partial charge in [-0.15, -0.1) is 11.3 Å². The molecule has 2 fully saturated rings. The Morgan fingerprint density at radius 3 is 2.69 bits per heavy atom. The van der Waals surface area contributed by atoms with Crippen molar-refractivity contribution in [1.29, 1.82) is 0 Å². The van der Waals surface area contributed by atoms with Gasteiger partial charge in [0.2, 0.25) is 0 Å². The van der Waals surface area contributed by atoms with Crippen LogP contribution in [0.3, 0.4) is 0 Å². The first-order chi connectivity index (χ1) is 12.6. The fourth-order valence-electron chi connectivity index (χ4n) is 4.64. The van der Waals surface area contributed by atoms with E-state index in [0.717, 1.165) is 38.3 Å². The standard InChI is InChI=1S/C19H24N4O2S/c1-12-5-6-15(26-12)10-21-8-14-9-22-17(16(14)11-21)20-23(19(25)18(22)24)7-13-3-2-4-13/h5-6,13-14,16H,2-4,7-11H2,1H3/t14-,16+/m1/s1. The second-order valence-electron chi connectivity index (χ2n) is 8.13. The minimum Gasteiger partial charge on any atom is -0.297 e. The monoisotopic (exact) mass is 372 g/mol. The van der Waals surface area contributed by atoms with Crippen molar-refractivity contribution in [1.82, 2.24) is 19.2 Å². The summed E-state index contributed by atoms with van der Waals surface area (Å²) in [6.07, 6.45) is 3.52. The maximum absolute atomic E-state index is 12.6. The molecule has 5 rings (SSSR count). The fourth-order valence-corrected chi connectivity index (χ4v) is 5.57. The van der Waals surface area contributed by atoms with E-state index in [1.165, 1.54) is 20.9 Å². The molecule has 7 heteroatoms. The van der Waals surface area contributed by atoms with Crippen LogP contribution in [0.25, 0.3) is 0 Å². The van der Waals surface area contributed by atoms with Gasteiger partial charge in [-0.2, -0.15) is 5.10 Å². The molecule has 0 radical (unpaired) electrons. The molecule has 138 valence electrons. The number of rotatable bonds is 4. The third-order valence-corrected chi connectivity index (χ3v) is 7.24. The molecule has 0 N–H and O–H groups in total. The Bertz CT molecular complexity index is 955. The van der Waals surface area contributed by atoms with Crippen molar-refractivity contribution >= 4 is 11.3 Å². The molecule has 1 saturated heterocycles. The van der Waals surface area contributed by atoms with Gasteiger partial charge in [-0.1, -0.05) is 6.42 Å². The van der Waals surface area contributed by atoms with Gasteiger partial charge in [-0.05, 0) is 37.8 Å². The highest BCUT2D eigenvalue weighted by atomic mass is 32.1. The minimum absolute atomic E-state index is 0.275. The number of likely N-dealkylation sites (tertiary alicyclic amines) is 1. The third kappa shape index (κ3) is 2.68. The molecule has 6 nitrogen and oxygen atoms in total. The van der Waals surface area contributed by atoms with Crippen molar-refractivity contribution in [2.24, 2.45) is 11.8 Å². The molecule has 0 amide bonds. The molecule has 2 aromatic rings. The predicted octanol–water partition coefficient (Wildman–Crippen LogP) is 1.80. The zero-order chi connectivity index (χ0) is 17.8. The molecule has 1 saturated carbocycles. The number of fused-ring (bicyclic) bond motifs is 3. The van der Waals surface area contributed by atoms with Gasteiger partial charge >= 0.3 is 11.1 Å². The maximum Gasteiger partial charge on any atom is 0.332 e. The zero-order valence-electron chi connectivity index (χ0n) is 15.1. The van der Waals surface area contributed by atoms with Crippen molar-refractivity contribution in [2.45, 2.75) is 51.7 Å². The van der Waals surface area contributed by atoms with E-state index >= 15 is 0 Å². The largest absolute Gasteiger partial charge is 0.332 e. The van der Waals surface area contributed by atoms with Crippen LogP contribution in [0, 0.1) is 18.8 Å². The second kappa shape index (κ2) is 6.16. The van der Waals surface area contributed by atoms with Crippen LogP contribution in [-0.4, -0.2) is 32.3 Å². The summed E-state index contributed by atoms with van der Waals surface area (Å²) >= 11 is 1.85. The molecule has 0 aromatic carbocycles. The molecule has 1 aliphatic carbocycles. The van der Waals surface area contributed by atoms with Gasteiger partial charge in [-0.3, -0.25) is 19.1 Å². The van der Waals surface area contributed by atoms with Gasteiger partial charge in [0.1, 0.15) is 5.82 Å². The van der Waals surface area contributed by atoms with Crippen LogP contribution in [0.2, 0.25) is 0 Å². The lowest BCUT2D eigenvalue weighted by Crippen LogP contribution is -2.45. The molecule has 0 unspecified atom stereocenters. The van der Waals surface area contributed by atoms with Crippen LogP contribution in [0.5, 0.6) is 0 Å². The summed E-state index contributed by atoms with van der Waals surface area (Å²) < 4.78 is 3.12. The van der Waals surface area contributed by atoms with E-state index in [1.54, 1.807) is 4.57 Å². The molecule has 26 heavy (non-hydrogen) atoms. The smallest absolute Gasteiger partial charge is 0.297 e. The third-order valence-electron chi connectivity index (χ3n) is 6.26. The van der Waals surface area contributed by atoms with Gasteiger partial charge in [0.05, 0.1) is 0 Å². The van der Waals surface area contributed by atoms with Gasteiger partial charge < -0.3 is 0 Å².